The Bertz CT molecular complexity index is 2010. The molecule has 0 rings (SSSR count). The van der Waals surface area contributed by atoms with Gasteiger partial charge in [-0.2, -0.15) is 0 Å². The van der Waals surface area contributed by atoms with Crippen LogP contribution in [0.5, 0.6) is 0 Å². The number of hydrogen-bond donors (Lipinski definition) is 3. The number of carbonyl (C=O) groups is 4. The zero-order valence-electron chi connectivity index (χ0n) is 68.0. The quantitative estimate of drug-likeness (QED) is 0.0222. The van der Waals surface area contributed by atoms with Crippen molar-refractivity contribution in [3.05, 3.63) is 0 Å². The molecule has 0 aliphatic rings. The number of phosphoric ester groups is 2. The van der Waals surface area contributed by atoms with Gasteiger partial charge in [0, 0.05) is 25.7 Å². The van der Waals surface area contributed by atoms with Gasteiger partial charge in [-0.05, 0) is 49.4 Å². The highest BCUT2D eigenvalue weighted by Gasteiger charge is 2.30. The summed E-state index contributed by atoms with van der Waals surface area (Å²) in [7, 11) is -9.93. The Balaban J connectivity index is 5.23. The van der Waals surface area contributed by atoms with Crippen LogP contribution < -0.4 is 0 Å². The van der Waals surface area contributed by atoms with Gasteiger partial charge in [0.25, 0.3) is 0 Å². The largest absolute Gasteiger partial charge is 0.472 e. The lowest BCUT2D eigenvalue weighted by atomic mass is 9.99. The zero-order valence-corrected chi connectivity index (χ0v) is 69.7. The van der Waals surface area contributed by atoms with Crippen molar-refractivity contribution in [2.45, 2.75) is 453 Å². The Morgan fingerprint density at radius 3 is 0.689 bits per heavy atom. The number of esters is 4. The molecule has 0 bridgehead atoms. The average molecular weight is 1510 g/mol. The fourth-order valence-corrected chi connectivity index (χ4v) is 14.5. The van der Waals surface area contributed by atoms with Crippen LogP contribution in [0.25, 0.3) is 0 Å². The summed E-state index contributed by atoms with van der Waals surface area (Å²) >= 11 is 0. The van der Waals surface area contributed by atoms with Gasteiger partial charge >= 0.3 is 39.5 Å². The normalized spacial score (nSPS) is 14.2. The Hall–Kier alpha value is -1.94. The number of aliphatic hydroxyl groups is 1. The van der Waals surface area contributed by atoms with E-state index in [4.69, 9.17) is 37.0 Å². The molecule has 0 radical (unpaired) electrons. The highest BCUT2D eigenvalue weighted by atomic mass is 31.2. The average Bonchev–Trinajstić information content (AvgIpc) is 1.08. The molecular formula is C84H164O17P2. The maximum absolute atomic E-state index is 13.1. The Kier molecular flexibility index (Phi) is 71.5. The Morgan fingerprint density at radius 1 is 0.272 bits per heavy atom. The number of hydrogen-bond acceptors (Lipinski definition) is 15. The van der Waals surface area contributed by atoms with Crippen molar-refractivity contribution >= 4 is 39.5 Å². The van der Waals surface area contributed by atoms with Gasteiger partial charge < -0.3 is 33.8 Å². The second-order valence-electron chi connectivity index (χ2n) is 31.9. The maximum Gasteiger partial charge on any atom is 0.472 e. The molecule has 0 heterocycles. The summed E-state index contributed by atoms with van der Waals surface area (Å²) in [6, 6.07) is 0. The molecule has 0 fully saturated rings. The molecule has 17 nitrogen and oxygen atoms in total. The number of carbonyl (C=O) groups excluding carboxylic acids is 4. The summed E-state index contributed by atoms with van der Waals surface area (Å²) in [5.74, 6) is 1.04. The predicted molar refractivity (Wildman–Crippen MR) is 423 cm³/mol. The van der Waals surface area contributed by atoms with E-state index in [0.29, 0.717) is 25.7 Å². The Labute approximate surface area is 632 Å². The number of rotatable bonds is 81. The minimum Gasteiger partial charge on any atom is -0.462 e. The first kappa shape index (κ1) is 101. The lowest BCUT2D eigenvalue weighted by Gasteiger charge is -2.21. The van der Waals surface area contributed by atoms with Crippen molar-refractivity contribution in [3.63, 3.8) is 0 Å². The number of phosphoric acid groups is 2. The molecule has 0 spiro atoms. The van der Waals surface area contributed by atoms with Crippen LogP contribution in [0.3, 0.4) is 0 Å². The van der Waals surface area contributed by atoms with Crippen molar-refractivity contribution in [2.24, 2.45) is 23.7 Å². The van der Waals surface area contributed by atoms with E-state index in [2.05, 4.69) is 55.4 Å². The van der Waals surface area contributed by atoms with Crippen LogP contribution >= 0.6 is 15.6 Å². The van der Waals surface area contributed by atoms with Gasteiger partial charge in [0.2, 0.25) is 0 Å². The molecule has 0 aliphatic carbocycles. The van der Waals surface area contributed by atoms with Crippen LogP contribution in [-0.4, -0.2) is 96.7 Å². The topological polar surface area (TPSA) is 237 Å². The molecule has 0 aromatic rings. The summed E-state index contributed by atoms with van der Waals surface area (Å²) < 4.78 is 68.8. The molecule has 0 aliphatic heterocycles. The third kappa shape index (κ3) is 76.6. The van der Waals surface area contributed by atoms with E-state index in [9.17, 15) is 43.2 Å². The second kappa shape index (κ2) is 72.9. The van der Waals surface area contributed by atoms with E-state index < -0.39 is 97.5 Å². The van der Waals surface area contributed by atoms with Crippen molar-refractivity contribution in [1.29, 1.82) is 0 Å². The van der Waals surface area contributed by atoms with Gasteiger partial charge in [-0.1, -0.05) is 383 Å². The van der Waals surface area contributed by atoms with Gasteiger partial charge in [0.15, 0.2) is 12.2 Å². The fourth-order valence-electron chi connectivity index (χ4n) is 12.9. The molecule has 0 aromatic carbocycles. The predicted octanol–water partition coefficient (Wildman–Crippen LogP) is 25.2. The van der Waals surface area contributed by atoms with Gasteiger partial charge in [0.1, 0.15) is 19.3 Å². The minimum absolute atomic E-state index is 0.105. The fraction of sp³-hybridized carbons (Fsp3) is 0.952. The van der Waals surface area contributed by atoms with E-state index in [1.807, 2.05) is 0 Å². The summed E-state index contributed by atoms with van der Waals surface area (Å²) in [4.78, 5) is 73.1. The highest BCUT2D eigenvalue weighted by molar-refractivity contribution is 7.47. The molecule has 19 heteroatoms. The van der Waals surface area contributed by atoms with Gasteiger partial charge in [-0.25, -0.2) is 9.13 Å². The van der Waals surface area contributed by atoms with Crippen LogP contribution in [0.15, 0.2) is 0 Å². The molecule has 6 atom stereocenters. The number of unbranched alkanes of at least 4 members (excludes halogenated alkanes) is 46. The van der Waals surface area contributed by atoms with Crippen LogP contribution in [0.2, 0.25) is 0 Å². The molecule has 0 aromatic heterocycles. The lowest BCUT2D eigenvalue weighted by molar-refractivity contribution is -0.161. The van der Waals surface area contributed by atoms with Crippen molar-refractivity contribution in [3.8, 4) is 0 Å². The second-order valence-corrected chi connectivity index (χ2v) is 34.8. The highest BCUT2D eigenvalue weighted by Crippen LogP contribution is 2.45. The molecular weight excluding hydrogens is 1340 g/mol. The third-order valence-corrected chi connectivity index (χ3v) is 21.8. The standard InChI is InChI=1S/C84H164O17P2/c1-9-77(8)63-55-47-39-30-23-19-16-17-21-25-32-42-50-58-66-83(88)100-79(70-94-81(86)64-56-48-40-31-24-20-15-13-11-10-12-14-18-22-28-36-44-52-60-74(2)3)72-98-102(90,91)96-68-78(85)69-97-103(92,93)99-73-80(71-95-82(87)65-57-49-41-35-34-38-46-54-62-76(6)7)101-84(89)67-59-51-43-33-27-26-29-37-45-53-61-75(4)5/h74-80,85H,9-73H2,1-8H3,(H,90,91)(H,92,93)/t77?,78?,79-,80-/m1/s1. The first-order valence-corrected chi connectivity index (χ1v) is 46.2. The van der Waals surface area contributed by atoms with Gasteiger partial charge in [-0.15, -0.1) is 0 Å². The van der Waals surface area contributed by atoms with Crippen LogP contribution in [-0.2, 0) is 65.4 Å². The first-order valence-electron chi connectivity index (χ1n) is 43.2. The molecule has 103 heavy (non-hydrogen) atoms. The monoisotopic (exact) mass is 1510 g/mol. The van der Waals surface area contributed by atoms with E-state index >= 15 is 0 Å². The minimum atomic E-state index is -4.97. The smallest absolute Gasteiger partial charge is 0.462 e. The van der Waals surface area contributed by atoms with Gasteiger partial charge in [-0.3, -0.25) is 37.3 Å². The first-order chi connectivity index (χ1) is 49.6. The van der Waals surface area contributed by atoms with Gasteiger partial charge in [0.05, 0.1) is 26.4 Å². The zero-order chi connectivity index (χ0) is 76.0. The molecule has 612 valence electrons. The van der Waals surface area contributed by atoms with E-state index in [0.717, 1.165) is 114 Å². The van der Waals surface area contributed by atoms with E-state index in [1.54, 1.807) is 0 Å². The summed E-state index contributed by atoms with van der Waals surface area (Å²) in [5, 5.41) is 10.7. The van der Waals surface area contributed by atoms with Crippen molar-refractivity contribution in [1.82, 2.24) is 0 Å². The van der Waals surface area contributed by atoms with Crippen molar-refractivity contribution < 1.29 is 80.2 Å². The maximum atomic E-state index is 13.1. The number of ether oxygens (including phenoxy) is 4. The van der Waals surface area contributed by atoms with E-state index in [1.165, 1.54) is 238 Å². The molecule has 0 amide bonds. The van der Waals surface area contributed by atoms with Crippen LogP contribution in [0.4, 0.5) is 0 Å². The number of aliphatic hydroxyl groups excluding tert-OH is 1. The third-order valence-electron chi connectivity index (χ3n) is 19.9. The van der Waals surface area contributed by atoms with Crippen LogP contribution in [0, 0.1) is 23.7 Å². The molecule has 3 N–H and O–H groups in total. The lowest BCUT2D eigenvalue weighted by Crippen LogP contribution is -2.30. The summed E-state index contributed by atoms with van der Waals surface area (Å²) in [6.07, 6.45) is 61.1. The summed E-state index contributed by atoms with van der Waals surface area (Å²) in [5.41, 5.74) is 0. The van der Waals surface area contributed by atoms with Crippen molar-refractivity contribution in [2.75, 3.05) is 39.6 Å². The Morgan fingerprint density at radius 2 is 0.466 bits per heavy atom. The SMILES string of the molecule is CCC(C)CCCCCCCCCCCCCCCCC(=O)O[C@H](COC(=O)CCCCCCCCCCCCCCCCCCCCC(C)C)COP(=O)(O)OCC(O)COP(=O)(O)OC[C@@H](COC(=O)CCCCCCCCCCC(C)C)OC(=O)CCCCCCCCCCCCC(C)C. The van der Waals surface area contributed by atoms with E-state index in [-0.39, 0.29) is 25.7 Å². The summed E-state index contributed by atoms with van der Waals surface area (Å²) in [6.45, 7) is 14.3. The molecule has 4 unspecified atom stereocenters. The van der Waals surface area contributed by atoms with Crippen LogP contribution in [0.1, 0.15) is 434 Å². The molecule has 0 saturated carbocycles. The molecule has 0 saturated heterocycles.